The van der Waals surface area contributed by atoms with Gasteiger partial charge in [-0.05, 0) is 0 Å². The first-order valence-corrected chi connectivity index (χ1v) is 7.40. The van der Waals surface area contributed by atoms with Crippen molar-refractivity contribution in [1.82, 2.24) is 10.2 Å². The lowest BCUT2D eigenvalue weighted by atomic mass is 10.1. The first-order chi connectivity index (χ1) is 10.1. The van der Waals surface area contributed by atoms with E-state index in [1.165, 1.54) is 0 Å². The number of urea groups is 1. The SMILES string of the molecule is O=C1CC(=O)N([C@@H]2O[C@@H](COP(=O)([O-])[O-])[C@H](O)[C@H]2O)C(=O)N1. The van der Waals surface area contributed by atoms with E-state index in [-0.39, 0.29) is 0 Å². The van der Waals surface area contributed by atoms with Gasteiger partial charge in [0.1, 0.15) is 24.7 Å². The molecule has 2 rings (SSSR count). The maximum absolute atomic E-state index is 11.7. The molecule has 0 aromatic carbocycles. The summed E-state index contributed by atoms with van der Waals surface area (Å²) >= 11 is 0. The molecule has 0 spiro atoms. The number of nitrogens with one attached hydrogen (secondary N) is 1. The smallest absolute Gasteiger partial charge is 0.333 e. The van der Waals surface area contributed by atoms with Gasteiger partial charge in [-0.15, -0.1) is 0 Å². The third-order valence-corrected chi connectivity index (χ3v) is 3.50. The fourth-order valence-electron chi connectivity index (χ4n) is 2.06. The van der Waals surface area contributed by atoms with E-state index in [2.05, 4.69) is 4.52 Å². The summed E-state index contributed by atoms with van der Waals surface area (Å²) in [5.74, 6) is -1.80. The Hall–Kier alpha value is -1.40. The van der Waals surface area contributed by atoms with Crippen LogP contribution in [-0.2, 0) is 23.4 Å². The van der Waals surface area contributed by atoms with Crippen molar-refractivity contribution < 1.29 is 48.2 Å². The molecule has 12 nitrogen and oxygen atoms in total. The number of carbonyl (C=O) groups is 3. The average Bonchev–Trinajstić information content (AvgIpc) is 2.63. The minimum Gasteiger partial charge on any atom is -0.790 e. The van der Waals surface area contributed by atoms with Crippen molar-refractivity contribution in [2.24, 2.45) is 0 Å². The summed E-state index contributed by atoms with van der Waals surface area (Å²) in [6, 6.07) is -1.16. The Morgan fingerprint density at radius 2 is 1.95 bits per heavy atom. The standard InChI is InChI=1S/C9H13N2O10P/c12-4-1-5(13)11(9(16)10-4)8-7(15)6(14)3(21-8)2-20-22(17,18)19/h3,6-8,14-15H,1-2H2,(H,10,12,16)(H2,17,18,19)/p-2/t3-,6-,7+,8+/m0/s1. The molecular weight excluding hydrogens is 327 g/mol. The van der Waals surface area contributed by atoms with Crippen LogP contribution in [0.1, 0.15) is 6.42 Å². The number of hydrogen-bond acceptors (Lipinski definition) is 10. The predicted molar refractivity (Wildman–Crippen MR) is 59.2 cm³/mol. The molecule has 0 aliphatic carbocycles. The zero-order chi connectivity index (χ0) is 16.7. The van der Waals surface area contributed by atoms with Gasteiger partial charge >= 0.3 is 6.03 Å². The quantitative estimate of drug-likeness (QED) is 0.334. The van der Waals surface area contributed by atoms with Crippen molar-refractivity contribution >= 4 is 25.7 Å². The summed E-state index contributed by atoms with van der Waals surface area (Å²) in [5, 5.41) is 21.3. The first kappa shape index (κ1) is 17.0. The molecule has 2 heterocycles. The van der Waals surface area contributed by atoms with Gasteiger partial charge in [0.25, 0.3) is 0 Å². The number of carbonyl (C=O) groups excluding carboxylic acids is 3. The minimum atomic E-state index is -5.33. The summed E-state index contributed by atoms with van der Waals surface area (Å²) in [6.45, 7) is -0.901. The Bertz CT molecular complexity index is 527. The van der Waals surface area contributed by atoms with Crippen molar-refractivity contribution in [3.63, 3.8) is 0 Å². The highest BCUT2D eigenvalue weighted by atomic mass is 31.2. The summed E-state index contributed by atoms with van der Waals surface area (Å²) in [4.78, 5) is 55.5. The number of aliphatic hydroxyl groups excluding tert-OH is 2. The van der Waals surface area contributed by atoms with E-state index in [1.807, 2.05) is 5.32 Å². The number of rotatable bonds is 4. The van der Waals surface area contributed by atoms with E-state index in [1.54, 1.807) is 0 Å². The van der Waals surface area contributed by atoms with Crippen LogP contribution in [0, 0.1) is 0 Å². The Kier molecular flexibility index (Phi) is 4.63. The van der Waals surface area contributed by atoms with Gasteiger partial charge in [-0.2, -0.15) is 0 Å². The molecule has 3 N–H and O–H groups in total. The second kappa shape index (κ2) is 6.01. The van der Waals surface area contributed by atoms with Gasteiger partial charge in [-0.3, -0.25) is 14.9 Å². The summed E-state index contributed by atoms with van der Waals surface area (Å²) in [7, 11) is -5.33. The number of amides is 4. The van der Waals surface area contributed by atoms with Gasteiger partial charge in [-0.25, -0.2) is 9.69 Å². The van der Waals surface area contributed by atoms with Crippen LogP contribution in [0.3, 0.4) is 0 Å². The second-order valence-electron chi connectivity index (χ2n) is 4.58. The molecule has 4 amide bonds. The van der Waals surface area contributed by atoms with E-state index in [0.29, 0.717) is 4.90 Å². The van der Waals surface area contributed by atoms with Crippen molar-refractivity contribution in [2.45, 2.75) is 31.0 Å². The van der Waals surface area contributed by atoms with E-state index in [4.69, 9.17) is 4.74 Å². The Balaban J connectivity index is 2.09. The molecule has 0 aromatic heterocycles. The Labute approximate surface area is 122 Å². The van der Waals surface area contributed by atoms with E-state index in [0.717, 1.165) is 0 Å². The number of ether oxygens (including phenoxy) is 1. The largest absolute Gasteiger partial charge is 0.790 e. The highest BCUT2D eigenvalue weighted by molar-refractivity contribution is 7.43. The average molecular weight is 338 g/mol. The maximum atomic E-state index is 11.7. The number of imide groups is 2. The zero-order valence-corrected chi connectivity index (χ0v) is 11.7. The summed E-state index contributed by atoms with van der Waals surface area (Å²) in [5.41, 5.74) is 0. The number of hydrogen-bond donors (Lipinski definition) is 3. The Morgan fingerprint density at radius 1 is 1.32 bits per heavy atom. The lowest BCUT2D eigenvalue weighted by Gasteiger charge is -2.31. The van der Waals surface area contributed by atoms with Crippen LogP contribution in [0.4, 0.5) is 4.79 Å². The monoisotopic (exact) mass is 338 g/mol. The van der Waals surface area contributed by atoms with Gasteiger partial charge in [0.2, 0.25) is 11.8 Å². The molecular formula is C9H11N2O10P-2. The predicted octanol–water partition coefficient (Wildman–Crippen LogP) is -4.25. The molecule has 22 heavy (non-hydrogen) atoms. The van der Waals surface area contributed by atoms with Crippen LogP contribution in [-0.4, -0.2) is 64.1 Å². The molecule has 2 fully saturated rings. The van der Waals surface area contributed by atoms with Crippen molar-refractivity contribution in [3.8, 4) is 0 Å². The van der Waals surface area contributed by atoms with Crippen LogP contribution < -0.4 is 15.1 Å². The number of barbiturate groups is 1. The fourth-order valence-corrected chi connectivity index (χ4v) is 2.39. The van der Waals surface area contributed by atoms with Gasteiger partial charge in [0, 0.05) is 0 Å². The fraction of sp³-hybridized carbons (Fsp3) is 0.667. The van der Waals surface area contributed by atoms with Gasteiger partial charge in [0.05, 0.1) is 14.4 Å². The molecule has 124 valence electrons. The molecule has 0 unspecified atom stereocenters. The minimum absolute atomic E-state index is 0.392. The van der Waals surface area contributed by atoms with Crippen molar-refractivity contribution in [1.29, 1.82) is 0 Å². The highest BCUT2D eigenvalue weighted by Gasteiger charge is 2.50. The zero-order valence-electron chi connectivity index (χ0n) is 10.8. The van der Waals surface area contributed by atoms with Crippen LogP contribution in [0.15, 0.2) is 0 Å². The van der Waals surface area contributed by atoms with Crippen LogP contribution >= 0.6 is 7.82 Å². The van der Waals surface area contributed by atoms with E-state index in [9.17, 15) is 38.9 Å². The Morgan fingerprint density at radius 3 is 2.50 bits per heavy atom. The third-order valence-electron chi connectivity index (χ3n) is 3.03. The lowest BCUT2D eigenvalue weighted by molar-refractivity contribution is -0.343. The molecule has 2 aliphatic rings. The molecule has 4 atom stereocenters. The van der Waals surface area contributed by atoms with Crippen LogP contribution in [0.2, 0.25) is 0 Å². The molecule has 2 saturated heterocycles. The molecule has 13 heteroatoms. The summed E-state index contributed by atoms with van der Waals surface area (Å²) in [6.07, 6.45) is -7.26. The number of phosphoric ester groups is 1. The van der Waals surface area contributed by atoms with Crippen LogP contribution in [0.25, 0.3) is 0 Å². The third kappa shape index (κ3) is 3.50. The summed E-state index contributed by atoms with van der Waals surface area (Å²) < 4.78 is 19.3. The number of phosphoric acid groups is 1. The molecule has 2 aliphatic heterocycles. The second-order valence-corrected chi connectivity index (χ2v) is 5.74. The van der Waals surface area contributed by atoms with Crippen molar-refractivity contribution in [3.05, 3.63) is 0 Å². The topological polar surface area (TPSA) is 189 Å². The molecule has 0 bridgehead atoms. The number of aliphatic hydroxyl groups is 2. The van der Waals surface area contributed by atoms with Crippen LogP contribution in [0.5, 0.6) is 0 Å². The molecule has 0 saturated carbocycles. The highest BCUT2D eigenvalue weighted by Crippen LogP contribution is 2.30. The lowest BCUT2D eigenvalue weighted by Crippen LogP contribution is -2.59. The normalized spacial score (nSPS) is 33.3. The number of nitrogens with zero attached hydrogens (tertiary/aromatic N) is 1. The van der Waals surface area contributed by atoms with Gasteiger partial charge < -0.3 is 33.8 Å². The van der Waals surface area contributed by atoms with E-state index >= 15 is 0 Å². The first-order valence-electron chi connectivity index (χ1n) is 5.94. The van der Waals surface area contributed by atoms with Crippen molar-refractivity contribution in [2.75, 3.05) is 6.61 Å². The molecule has 0 radical (unpaired) electrons. The van der Waals surface area contributed by atoms with Gasteiger partial charge in [-0.1, -0.05) is 0 Å². The maximum Gasteiger partial charge on any atom is 0.333 e. The van der Waals surface area contributed by atoms with E-state index < -0.39 is 63.2 Å². The van der Waals surface area contributed by atoms with Gasteiger partial charge in [0.15, 0.2) is 6.23 Å². The molecule has 0 aromatic rings.